The van der Waals surface area contributed by atoms with Crippen LogP contribution in [0.25, 0.3) is 0 Å². The summed E-state index contributed by atoms with van der Waals surface area (Å²) in [6.45, 7) is 6.04. The quantitative estimate of drug-likeness (QED) is 0.456. The molecule has 45 valence electrons. The Bertz CT molecular complexity index is 207. The van der Waals surface area contributed by atoms with Crippen molar-refractivity contribution in [1.29, 1.82) is 0 Å². The number of allylic oxidation sites excluding steroid dienone is 4. The highest BCUT2D eigenvalue weighted by molar-refractivity contribution is 5.70. The van der Waals surface area contributed by atoms with Crippen LogP contribution >= 0.6 is 0 Å². The normalized spacial score (nSPS) is 18.3. The third kappa shape index (κ3) is 1.10. The summed E-state index contributed by atoms with van der Waals surface area (Å²) >= 11 is 0. The van der Waals surface area contributed by atoms with Gasteiger partial charge in [-0.3, -0.25) is 0 Å². The Morgan fingerprint density at radius 1 is 1.22 bits per heavy atom. The molecule has 3 radical (unpaired) electrons. The highest BCUT2D eigenvalue weighted by Crippen LogP contribution is 2.12. The Labute approximate surface area is 55.8 Å². The summed E-state index contributed by atoms with van der Waals surface area (Å²) in [6.07, 6.45) is 5.60. The van der Waals surface area contributed by atoms with Crippen LogP contribution in [0.4, 0.5) is 0 Å². The van der Waals surface area contributed by atoms with Crippen LogP contribution in [0.1, 0.15) is 20.8 Å². The number of nitrogens with zero attached hydrogens (tertiary/aromatic N) is 1. The first-order chi connectivity index (χ1) is 4.22. The third-order valence-corrected chi connectivity index (χ3v) is 1.57. The summed E-state index contributed by atoms with van der Waals surface area (Å²) in [5.41, 5.74) is 3.41. The maximum Gasteiger partial charge on any atom is 0.364 e. The van der Waals surface area contributed by atoms with Gasteiger partial charge in [-0.15, -0.1) is 0 Å². The van der Waals surface area contributed by atoms with Crippen LogP contribution in [0.2, 0.25) is 0 Å². The van der Waals surface area contributed by atoms with Crippen LogP contribution in [-0.2, 0) is 0 Å². The van der Waals surface area contributed by atoms with Crippen LogP contribution < -0.4 is 4.99 Å². The van der Waals surface area contributed by atoms with Crippen molar-refractivity contribution in [2.45, 2.75) is 20.8 Å². The molecule has 1 aliphatic rings. The number of rotatable bonds is 0. The molecule has 0 saturated carbocycles. The van der Waals surface area contributed by atoms with Crippen molar-refractivity contribution in [3.63, 3.8) is 0 Å². The van der Waals surface area contributed by atoms with E-state index in [-0.39, 0.29) is 0 Å². The van der Waals surface area contributed by atoms with E-state index in [4.69, 9.17) is 0 Å². The van der Waals surface area contributed by atoms with Crippen molar-refractivity contribution in [2.24, 2.45) is 0 Å². The monoisotopic (exact) mass is 119 g/mol. The van der Waals surface area contributed by atoms with Gasteiger partial charge in [-0.2, -0.15) is 0 Å². The van der Waals surface area contributed by atoms with Gasteiger partial charge in [-0.25, -0.2) is 0 Å². The smallest absolute Gasteiger partial charge is 0.0384 e. The summed E-state index contributed by atoms with van der Waals surface area (Å²) in [5, 5.41) is 0. The Balaban J connectivity index is 3.06. The minimum absolute atomic E-state index is 1.05. The average Bonchev–Trinajstić information content (AvgIpc) is 1.83. The Hall–Kier alpha value is -0.850. The molecule has 1 aliphatic heterocycles. The topological polar surface area (TPSA) is 14.1 Å². The van der Waals surface area contributed by atoms with E-state index >= 15 is 0 Å². The van der Waals surface area contributed by atoms with Gasteiger partial charge in [0.15, 0.2) is 0 Å². The second-order valence-corrected chi connectivity index (χ2v) is 2.18. The van der Waals surface area contributed by atoms with Crippen LogP contribution in [0, 0.1) is 6.08 Å². The molecule has 9 heavy (non-hydrogen) atoms. The van der Waals surface area contributed by atoms with Gasteiger partial charge in [0.2, 0.25) is 0 Å². The largest absolute Gasteiger partial charge is 0.364 e. The number of aliphatic imine (C=N–C) groups is 1. The summed E-state index contributed by atoms with van der Waals surface area (Å²) in [4.78, 5) is 3.96. The Kier molecular flexibility index (Phi) is 1.52. The zero-order chi connectivity index (χ0) is 6.85. The Morgan fingerprint density at radius 2 is 1.89 bits per heavy atom. The molecule has 0 aromatic heterocycles. The van der Waals surface area contributed by atoms with E-state index in [2.05, 4.69) is 17.3 Å². The van der Waals surface area contributed by atoms with Crippen molar-refractivity contribution in [3.8, 4) is 0 Å². The molecule has 0 N–H and O–H groups in total. The van der Waals surface area contributed by atoms with Crippen LogP contribution in [0.3, 0.4) is 0 Å². The van der Waals surface area contributed by atoms with Gasteiger partial charge in [-0.1, -0.05) is 0 Å². The molecule has 0 atom stereocenters. The number of hydrogen-bond acceptors (Lipinski definition) is 1. The predicted octanol–water partition coefficient (Wildman–Crippen LogP) is 1.33. The zero-order valence-corrected chi connectivity index (χ0v) is 5.95. The van der Waals surface area contributed by atoms with Gasteiger partial charge in [0, 0.05) is 12.5 Å². The standard InChI is InChI=1S/C8H9N/c1-6-4-5-9-8(3)7(6)2/h1-3H3/q+1. The maximum absolute atomic E-state index is 3.96. The van der Waals surface area contributed by atoms with Crippen molar-refractivity contribution < 1.29 is 0 Å². The molecular weight excluding hydrogens is 110 g/mol. The highest BCUT2D eigenvalue weighted by atomic mass is 14.7. The van der Waals surface area contributed by atoms with Crippen molar-refractivity contribution in [1.82, 2.24) is 4.99 Å². The van der Waals surface area contributed by atoms with Gasteiger partial charge in [0.1, 0.15) is 0 Å². The molecule has 0 aromatic carbocycles. The van der Waals surface area contributed by atoms with E-state index in [9.17, 15) is 0 Å². The lowest BCUT2D eigenvalue weighted by Crippen LogP contribution is -2.00. The molecule has 1 heterocycles. The van der Waals surface area contributed by atoms with E-state index < -0.39 is 0 Å². The lowest BCUT2D eigenvalue weighted by molar-refractivity contribution is 1.10. The van der Waals surface area contributed by atoms with Gasteiger partial charge < -0.3 is 0 Å². The summed E-state index contributed by atoms with van der Waals surface area (Å²) in [6, 6.07) is 0. The van der Waals surface area contributed by atoms with E-state index in [1.807, 2.05) is 20.8 Å². The van der Waals surface area contributed by atoms with Crippen molar-refractivity contribution in [2.75, 3.05) is 0 Å². The Morgan fingerprint density at radius 3 is 2.33 bits per heavy atom. The second kappa shape index (κ2) is 2.18. The fourth-order valence-electron chi connectivity index (χ4n) is 0.645. The summed E-state index contributed by atoms with van der Waals surface area (Å²) < 4.78 is 0. The average molecular weight is 119 g/mol. The fourth-order valence-corrected chi connectivity index (χ4v) is 0.645. The molecule has 0 bridgehead atoms. The van der Waals surface area contributed by atoms with E-state index in [0.29, 0.717) is 0 Å². The van der Waals surface area contributed by atoms with Crippen LogP contribution in [0.5, 0.6) is 0 Å². The second-order valence-electron chi connectivity index (χ2n) is 2.18. The zero-order valence-electron chi connectivity index (χ0n) is 5.95. The van der Waals surface area contributed by atoms with Gasteiger partial charge in [0.05, 0.1) is 11.1 Å². The highest BCUT2D eigenvalue weighted by Gasteiger charge is 2.11. The van der Waals surface area contributed by atoms with Gasteiger partial charge in [0.25, 0.3) is 5.70 Å². The van der Waals surface area contributed by atoms with Gasteiger partial charge >= 0.3 is 6.21 Å². The van der Waals surface area contributed by atoms with Crippen molar-refractivity contribution >= 4 is 6.21 Å². The lowest BCUT2D eigenvalue weighted by Gasteiger charge is -1.95. The predicted molar refractivity (Wildman–Crippen MR) is 37.9 cm³/mol. The molecule has 1 heteroatoms. The summed E-state index contributed by atoms with van der Waals surface area (Å²) in [5.74, 6) is 0. The van der Waals surface area contributed by atoms with Gasteiger partial charge in [-0.05, 0) is 19.4 Å². The van der Waals surface area contributed by atoms with E-state index in [0.717, 1.165) is 11.3 Å². The molecule has 0 aromatic rings. The first-order valence-corrected chi connectivity index (χ1v) is 2.95. The van der Waals surface area contributed by atoms with Crippen LogP contribution in [0.15, 0.2) is 16.8 Å². The van der Waals surface area contributed by atoms with Crippen LogP contribution in [-0.4, -0.2) is 6.21 Å². The maximum atomic E-state index is 3.96. The molecule has 1 nitrogen and oxygen atoms in total. The lowest BCUT2D eigenvalue weighted by atomic mass is 10.1. The molecule has 0 fully saturated rings. The molecule has 0 aliphatic carbocycles. The van der Waals surface area contributed by atoms with Crippen molar-refractivity contribution in [3.05, 3.63) is 22.9 Å². The van der Waals surface area contributed by atoms with E-state index in [1.165, 1.54) is 5.57 Å². The molecule has 0 spiro atoms. The molecule has 0 saturated heterocycles. The minimum atomic E-state index is 1.05. The number of hydrogen-bond donors (Lipinski definition) is 0. The molecule has 0 unspecified atom stereocenters. The summed E-state index contributed by atoms with van der Waals surface area (Å²) in [7, 11) is 0. The first kappa shape index (κ1) is 6.27. The molecule has 1 rings (SSSR count). The third-order valence-electron chi connectivity index (χ3n) is 1.57. The SMILES string of the molecule is CC1=[C][C]=[N+]C(C)=C1C. The molecule has 0 amide bonds. The fraction of sp³-hybridized carbons (Fsp3) is 0.375. The first-order valence-electron chi connectivity index (χ1n) is 2.95. The van der Waals surface area contributed by atoms with E-state index in [1.54, 1.807) is 0 Å². The molecular formula is C8H9N+. The minimum Gasteiger partial charge on any atom is -0.0384 e.